The number of benzene rings is 7. The van der Waals surface area contributed by atoms with E-state index in [9.17, 15) is 0 Å². The Morgan fingerprint density at radius 3 is 2.05 bits per heavy atom. The molecular formula is C40H23N3S. The van der Waals surface area contributed by atoms with Crippen LogP contribution in [-0.4, -0.2) is 14.5 Å². The van der Waals surface area contributed by atoms with Crippen molar-refractivity contribution in [1.82, 2.24) is 14.5 Å². The molecule has 204 valence electrons. The molecule has 10 aromatic rings. The van der Waals surface area contributed by atoms with Crippen LogP contribution in [0.1, 0.15) is 0 Å². The van der Waals surface area contributed by atoms with Gasteiger partial charge in [-0.2, -0.15) is 0 Å². The number of thiophene rings is 1. The van der Waals surface area contributed by atoms with Crippen LogP contribution in [0, 0.1) is 0 Å². The molecule has 0 fully saturated rings. The van der Waals surface area contributed by atoms with Crippen molar-refractivity contribution in [2.45, 2.75) is 0 Å². The zero-order valence-electron chi connectivity index (χ0n) is 23.5. The molecule has 3 heterocycles. The normalized spacial score (nSPS) is 12.1. The van der Waals surface area contributed by atoms with Crippen molar-refractivity contribution >= 4 is 85.8 Å². The Labute approximate surface area is 256 Å². The number of nitrogens with zero attached hydrogens (tertiary/aromatic N) is 3. The highest BCUT2D eigenvalue weighted by atomic mass is 32.1. The van der Waals surface area contributed by atoms with Crippen molar-refractivity contribution in [3.05, 3.63) is 140 Å². The molecular weight excluding hydrogens is 555 g/mol. The molecule has 3 aromatic heterocycles. The third-order valence-corrected chi connectivity index (χ3v) is 10.1. The molecule has 0 bridgehead atoms. The second-order valence-corrected chi connectivity index (χ2v) is 12.5. The van der Waals surface area contributed by atoms with Crippen LogP contribution in [0.4, 0.5) is 0 Å². The monoisotopic (exact) mass is 577 g/mol. The van der Waals surface area contributed by atoms with Gasteiger partial charge in [0.2, 0.25) is 0 Å². The van der Waals surface area contributed by atoms with E-state index in [0.29, 0.717) is 0 Å². The van der Waals surface area contributed by atoms with Crippen molar-refractivity contribution in [1.29, 1.82) is 0 Å². The smallest absolute Gasteiger partial charge is 0.162 e. The lowest BCUT2D eigenvalue weighted by molar-refractivity contribution is 1.08. The predicted octanol–water partition coefficient (Wildman–Crippen LogP) is 11.1. The minimum atomic E-state index is 0.731. The van der Waals surface area contributed by atoms with Gasteiger partial charge in [-0.25, -0.2) is 9.97 Å². The van der Waals surface area contributed by atoms with E-state index < -0.39 is 0 Å². The molecule has 0 N–H and O–H groups in total. The summed E-state index contributed by atoms with van der Waals surface area (Å²) in [6.45, 7) is 0. The fourth-order valence-electron chi connectivity index (χ4n) is 6.93. The first kappa shape index (κ1) is 23.9. The summed E-state index contributed by atoms with van der Waals surface area (Å²) in [6.07, 6.45) is 0. The van der Waals surface area contributed by atoms with E-state index in [1.54, 1.807) is 0 Å². The molecule has 7 aromatic carbocycles. The Hall–Kier alpha value is -5.58. The predicted molar refractivity (Wildman–Crippen MR) is 187 cm³/mol. The van der Waals surface area contributed by atoms with Gasteiger partial charge < -0.3 is 0 Å². The summed E-state index contributed by atoms with van der Waals surface area (Å²) >= 11 is 1.82. The standard InChI is InChI=1S/C40H23N3S/c1-2-11-26-22-35-32(21-25(26)10-1)38-28-12-4-3-9-24(28)18-20-34(38)43(35)40-31-14-5-7-15-33(31)41-39(42-40)27-17-19-30-29-13-6-8-16-36(29)44-37(30)23-27/h1-23H. The molecule has 0 atom stereocenters. The molecule has 0 saturated carbocycles. The topological polar surface area (TPSA) is 30.7 Å². The van der Waals surface area contributed by atoms with E-state index in [4.69, 9.17) is 9.97 Å². The first-order valence-corrected chi connectivity index (χ1v) is 15.7. The Morgan fingerprint density at radius 2 is 1.16 bits per heavy atom. The number of para-hydroxylation sites is 1. The van der Waals surface area contributed by atoms with E-state index in [2.05, 4.69) is 144 Å². The Kier molecular flexibility index (Phi) is 4.87. The maximum atomic E-state index is 5.39. The fraction of sp³-hybridized carbons (Fsp3) is 0. The Balaban J connectivity index is 1.33. The highest BCUT2D eigenvalue weighted by Crippen LogP contribution is 2.41. The lowest BCUT2D eigenvalue weighted by Crippen LogP contribution is -2.02. The van der Waals surface area contributed by atoms with Gasteiger partial charge in [-0.3, -0.25) is 4.57 Å². The number of fused-ring (bicyclic) bond motifs is 10. The minimum absolute atomic E-state index is 0.731. The van der Waals surface area contributed by atoms with E-state index in [1.807, 2.05) is 11.3 Å². The van der Waals surface area contributed by atoms with Crippen LogP contribution in [0.5, 0.6) is 0 Å². The zero-order chi connectivity index (χ0) is 28.8. The van der Waals surface area contributed by atoms with Crippen molar-refractivity contribution in [3.63, 3.8) is 0 Å². The van der Waals surface area contributed by atoms with Crippen molar-refractivity contribution in [3.8, 4) is 17.2 Å². The van der Waals surface area contributed by atoms with Crippen LogP contribution in [0.2, 0.25) is 0 Å². The molecule has 0 aliphatic carbocycles. The van der Waals surface area contributed by atoms with Gasteiger partial charge in [0.25, 0.3) is 0 Å². The van der Waals surface area contributed by atoms with Gasteiger partial charge in [-0.15, -0.1) is 11.3 Å². The third kappa shape index (κ3) is 3.37. The van der Waals surface area contributed by atoms with Gasteiger partial charge in [-0.1, -0.05) is 97.1 Å². The van der Waals surface area contributed by atoms with Crippen LogP contribution >= 0.6 is 11.3 Å². The molecule has 44 heavy (non-hydrogen) atoms. The quantitative estimate of drug-likeness (QED) is 0.205. The number of aromatic nitrogens is 3. The van der Waals surface area contributed by atoms with Crippen LogP contribution in [0.25, 0.3) is 91.6 Å². The summed E-state index contributed by atoms with van der Waals surface area (Å²) in [4.78, 5) is 10.5. The average Bonchev–Trinajstić information content (AvgIpc) is 3.61. The zero-order valence-corrected chi connectivity index (χ0v) is 24.3. The molecule has 0 radical (unpaired) electrons. The first-order valence-electron chi connectivity index (χ1n) is 14.8. The first-order chi connectivity index (χ1) is 21.8. The minimum Gasteiger partial charge on any atom is -0.293 e. The second-order valence-electron chi connectivity index (χ2n) is 11.4. The fourth-order valence-corrected chi connectivity index (χ4v) is 8.07. The van der Waals surface area contributed by atoms with Crippen molar-refractivity contribution in [2.75, 3.05) is 0 Å². The van der Waals surface area contributed by atoms with E-state index >= 15 is 0 Å². The van der Waals surface area contributed by atoms with Crippen molar-refractivity contribution in [2.24, 2.45) is 0 Å². The number of hydrogen-bond donors (Lipinski definition) is 0. The maximum absolute atomic E-state index is 5.39. The van der Waals surface area contributed by atoms with Crippen LogP contribution in [-0.2, 0) is 0 Å². The molecule has 3 nitrogen and oxygen atoms in total. The molecule has 4 heteroatoms. The highest BCUT2D eigenvalue weighted by Gasteiger charge is 2.20. The third-order valence-electron chi connectivity index (χ3n) is 8.95. The molecule has 0 aliphatic rings. The van der Waals surface area contributed by atoms with Gasteiger partial charge in [0.05, 0.1) is 16.6 Å². The molecule has 0 amide bonds. The lowest BCUT2D eigenvalue weighted by Gasteiger charge is -2.13. The summed E-state index contributed by atoms with van der Waals surface area (Å²) in [5, 5.41) is 11.0. The maximum Gasteiger partial charge on any atom is 0.162 e. The molecule has 0 saturated heterocycles. The van der Waals surface area contributed by atoms with E-state index in [0.717, 1.165) is 39.1 Å². The van der Waals surface area contributed by atoms with Crippen LogP contribution < -0.4 is 0 Å². The average molecular weight is 578 g/mol. The summed E-state index contributed by atoms with van der Waals surface area (Å²) in [7, 11) is 0. The largest absolute Gasteiger partial charge is 0.293 e. The van der Waals surface area contributed by atoms with E-state index in [-0.39, 0.29) is 0 Å². The summed E-state index contributed by atoms with van der Waals surface area (Å²) in [5.74, 6) is 1.63. The Morgan fingerprint density at radius 1 is 0.455 bits per heavy atom. The molecule has 0 spiro atoms. The van der Waals surface area contributed by atoms with Gasteiger partial charge in [0.1, 0.15) is 5.82 Å². The highest BCUT2D eigenvalue weighted by molar-refractivity contribution is 7.25. The van der Waals surface area contributed by atoms with Crippen LogP contribution in [0.15, 0.2) is 140 Å². The molecule has 0 unspecified atom stereocenters. The second kappa shape index (κ2) is 8.96. The van der Waals surface area contributed by atoms with Gasteiger partial charge in [-0.05, 0) is 64.0 Å². The lowest BCUT2D eigenvalue weighted by atomic mass is 10.0. The number of hydrogen-bond acceptors (Lipinski definition) is 3. The number of rotatable bonds is 2. The van der Waals surface area contributed by atoms with E-state index in [1.165, 1.54) is 52.5 Å². The van der Waals surface area contributed by atoms with Gasteiger partial charge in [0, 0.05) is 41.9 Å². The SMILES string of the molecule is c1ccc2cc3c(cc2c1)c1c2ccccc2ccc1n3-c1nc(-c2ccc3c(c2)sc2ccccc23)nc2ccccc12. The summed E-state index contributed by atoms with van der Waals surface area (Å²) < 4.78 is 4.90. The molecule has 0 aliphatic heterocycles. The van der Waals surface area contributed by atoms with Gasteiger partial charge >= 0.3 is 0 Å². The van der Waals surface area contributed by atoms with Crippen LogP contribution in [0.3, 0.4) is 0 Å². The summed E-state index contributed by atoms with van der Waals surface area (Å²) in [6, 6.07) is 50.1. The summed E-state index contributed by atoms with van der Waals surface area (Å²) in [5.41, 5.74) is 4.24. The molecule has 10 rings (SSSR count). The Bertz CT molecular complexity index is 2790. The van der Waals surface area contributed by atoms with Crippen molar-refractivity contribution < 1.29 is 0 Å². The van der Waals surface area contributed by atoms with Gasteiger partial charge in [0.15, 0.2) is 5.82 Å².